The lowest BCUT2D eigenvalue weighted by Gasteiger charge is -2.12. The van der Waals surface area contributed by atoms with E-state index in [1.54, 1.807) is 49.5 Å². The first-order chi connectivity index (χ1) is 12.1. The number of nitrogens with one attached hydrogen (secondary N) is 1. The second-order valence-corrected chi connectivity index (χ2v) is 5.38. The van der Waals surface area contributed by atoms with Crippen molar-refractivity contribution in [2.24, 2.45) is 0 Å². The van der Waals surface area contributed by atoms with Gasteiger partial charge in [0.2, 0.25) is 0 Å². The van der Waals surface area contributed by atoms with Crippen molar-refractivity contribution in [3.8, 4) is 11.5 Å². The highest BCUT2D eigenvalue weighted by molar-refractivity contribution is 5.71. The number of carbonyl (C=O) groups excluding carboxylic acids is 1. The van der Waals surface area contributed by atoms with Crippen LogP contribution < -0.4 is 20.5 Å². The molecule has 0 saturated carbocycles. The maximum absolute atomic E-state index is 11.2. The lowest BCUT2D eigenvalue weighted by atomic mass is 10.1. The first kappa shape index (κ1) is 18.7. The van der Waals surface area contributed by atoms with E-state index in [9.17, 15) is 9.90 Å². The van der Waals surface area contributed by atoms with Crippen LogP contribution >= 0.6 is 0 Å². The highest BCUT2D eigenvalue weighted by Crippen LogP contribution is 2.18. The number of nitrogens with two attached hydrogens (primary N) is 1. The predicted octanol–water partition coefficient (Wildman–Crippen LogP) is 1.68. The minimum absolute atomic E-state index is 0.271. The lowest BCUT2D eigenvalue weighted by molar-refractivity contribution is -0.134. The summed E-state index contributed by atoms with van der Waals surface area (Å²) in [6.07, 6.45) is 1.24. The number of pyridine rings is 1. The number of aliphatic hydroxyl groups is 1. The Balaban J connectivity index is 1.65. The number of nitrogens with zero attached hydrogens (tertiary/aromatic N) is 1. The number of hydrogen-bond donors (Lipinski definition) is 3. The quantitative estimate of drug-likeness (QED) is 0.360. The van der Waals surface area contributed by atoms with E-state index in [2.05, 4.69) is 10.3 Å². The summed E-state index contributed by atoms with van der Waals surface area (Å²) in [6, 6.07) is 10.3. The van der Waals surface area contributed by atoms with E-state index < -0.39 is 6.10 Å². The van der Waals surface area contributed by atoms with Crippen molar-refractivity contribution in [1.82, 2.24) is 10.3 Å². The van der Waals surface area contributed by atoms with Crippen molar-refractivity contribution >= 4 is 11.8 Å². The van der Waals surface area contributed by atoms with Crippen molar-refractivity contribution in [3.63, 3.8) is 0 Å². The second-order valence-electron chi connectivity index (χ2n) is 5.38. The van der Waals surface area contributed by atoms with E-state index in [4.69, 9.17) is 15.2 Å². The van der Waals surface area contributed by atoms with Crippen LogP contribution in [0.3, 0.4) is 0 Å². The minimum Gasteiger partial charge on any atom is -0.492 e. The zero-order valence-electron chi connectivity index (χ0n) is 14.1. The number of anilines is 1. The van der Waals surface area contributed by atoms with Crippen LogP contribution in [0, 0.1) is 0 Å². The van der Waals surface area contributed by atoms with Gasteiger partial charge < -0.3 is 25.6 Å². The smallest absolute Gasteiger partial charge is 0.310 e. The average Bonchev–Trinajstić information content (AvgIpc) is 2.63. The fourth-order valence-electron chi connectivity index (χ4n) is 2.02. The first-order valence-corrected chi connectivity index (χ1v) is 8.12. The number of rotatable bonds is 9. The molecule has 1 aromatic carbocycles. The summed E-state index contributed by atoms with van der Waals surface area (Å²) in [4.78, 5) is 15.1. The zero-order chi connectivity index (χ0) is 18.1. The fraction of sp³-hybridized carbons (Fsp3) is 0.333. The Morgan fingerprint density at radius 2 is 1.96 bits per heavy atom. The molecular formula is C18H23N3O4. The van der Waals surface area contributed by atoms with Gasteiger partial charge in [-0.3, -0.25) is 4.79 Å². The van der Waals surface area contributed by atoms with Crippen LogP contribution in [0.1, 0.15) is 25.0 Å². The summed E-state index contributed by atoms with van der Waals surface area (Å²) in [5, 5.41) is 13.1. The molecular weight excluding hydrogens is 322 g/mol. The molecule has 2 rings (SSSR count). The molecule has 4 N–H and O–H groups in total. The van der Waals surface area contributed by atoms with Crippen molar-refractivity contribution in [1.29, 1.82) is 0 Å². The maximum Gasteiger partial charge on any atom is 0.310 e. The minimum atomic E-state index is -0.652. The van der Waals surface area contributed by atoms with Crippen molar-refractivity contribution in [2.45, 2.75) is 19.4 Å². The molecule has 0 spiro atoms. The Morgan fingerprint density at radius 1 is 1.24 bits per heavy atom. The topological polar surface area (TPSA) is 107 Å². The number of ether oxygens (including phenoxy) is 2. The molecule has 0 aliphatic carbocycles. The molecule has 1 aromatic heterocycles. The van der Waals surface area contributed by atoms with Gasteiger partial charge in [-0.05, 0) is 30.3 Å². The number of esters is 1. The van der Waals surface area contributed by atoms with Gasteiger partial charge in [-0.25, -0.2) is 4.98 Å². The molecule has 1 heterocycles. The van der Waals surface area contributed by atoms with Gasteiger partial charge >= 0.3 is 5.97 Å². The average molecular weight is 345 g/mol. The third-order valence-corrected chi connectivity index (χ3v) is 3.42. The van der Waals surface area contributed by atoms with Crippen molar-refractivity contribution in [3.05, 3.63) is 48.2 Å². The molecule has 1 atom stereocenters. The van der Waals surface area contributed by atoms with E-state index in [-0.39, 0.29) is 5.97 Å². The summed E-state index contributed by atoms with van der Waals surface area (Å²) in [5.41, 5.74) is 6.22. The van der Waals surface area contributed by atoms with Gasteiger partial charge in [0.05, 0.1) is 6.10 Å². The van der Waals surface area contributed by atoms with Crippen LogP contribution in [-0.2, 0) is 4.79 Å². The number of aromatic nitrogens is 1. The largest absolute Gasteiger partial charge is 0.492 e. The van der Waals surface area contributed by atoms with E-state index in [1.807, 2.05) is 0 Å². The van der Waals surface area contributed by atoms with Crippen LogP contribution in [0.4, 0.5) is 5.82 Å². The molecule has 2 aromatic rings. The molecule has 25 heavy (non-hydrogen) atoms. The third-order valence-electron chi connectivity index (χ3n) is 3.42. The van der Waals surface area contributed by atoms with Crippen LogP contribution in [0.2, 0.25) is 0 Å². The Labute approximate surface area is 146 Å². The highest BCUT2D eigenvalue weighted by atomic mass is 16.5. The number of benzene rings is 1. The summed E-state index contributed by atoms with van der Waals surface area (Å²) < 4.78 is 10.7. The SMILES string of the molecule is CCC(=O)Oc1ccc(OCCNC[C@H](O)c2ccc(N)nc2)cc1. The Kier molecular flexibility index (Phi) is 7.18. The first-order valence-electron chi connectivity index (χ1n) is 8.12. The van der Waals surface area contributed by atoms with Crippen molar-refractivity contribution < 1.29 is 19.4 Å². The molecule has 7 heteroatoms. The Bertz CT molecular complexity index is 659. The highest BCUT2D eigenvalue weighted by Gasteiger charge is 2.07. The van der Waals surface area contributed by atoms with Crippen LogP contribution in [0.15, 0.2) is 42.6 Å². The van der Waals surface area contributed by atoms with Crippen LogP contribution in [-0.4, -0.2) is 35.8 Å². The van der Waals surface area contributed by atoms with Crippen molar-refractivity contribution in [2.75, 3.05) is 25.4 Å². The zero-order valence-corrected chi connectivity index (χ0v) is 14.1. The molecule has 0 aliphatic heterocycles. The fourth-order valence-corrected chi connectivity index (χ4v) is 2.02. The summed E-state index contributed by atoms with van der Waals surface area (Å²) in [7, 11) is 0. The number of carbonyl (C=O) groups is 1. The molecule has 0 unspecified atom stereocenters. The Hall–Kier alpha value is -2.64. The normalized spacial score (nSPS) is 11.8. The van der Waals surface area contributed by atoms with Gasteiger partial charge in [0.25, 0.3) is 0 Å². The summed E-state index contributed by atoms with van der Waals surface area (Å²) >= 11 is 0. The predicted molar refractivity (Wildman–Crippen MR) is 94.3 cm³/mol. The molecule has 7 nitrogen and oxygen atoms in total. The Morgan fingerprint density at radius 3 is 2.60 bits per heavy atom. The van der Waals surface area contributed by atoms with Gasteiger partial charge in [0.15, 0.2) is 0 Å². The van der Waals surface area contributed by atoms with E-state index in [1.165, 1.54) is 0 Å². The molecule has 0 fully saturated rings. The monoisotopic (exact) mass is 345 g/mol. The van der Waals surface area contributed by atoms with E-state index in [0.717, 1.165) is 0 Å². The van der Waals surface area contributed by atoms with Gasteiger partial charge in [-0.2, -0.15) is 0 Å². The molecule has 0 amide bonds. The van der Waals surface area contributed by atoms with Crippen LogP contribution in [0.25, 0.3) is 0 Å². The maximum atomic E-state index is 11.2. The standard InChI is InChI=1S/C18H23N3O4/c1-2-18(23)25-15-6-4-14(5-7-15)24-10-9-20-12-16(22)13-3-8-17(19)21-11-13/h3-8,11,16,20,22H,2,9-10,12H2,1H3,(H2,19,21)/t16-/m0/s1. The van der Waals surface area contributed by atoms with Gasteiger partial charge in [-0.1, -0.05) is 13.0 Å². The summed E-state index contributed by atoms with van der Waals surface area (Å²) in [5.74, 6) is 1.33. The molecule has 134 valence electrons. The molecule has 0 radical (unpaired) electrons. The summed E-state index contributed by atoms with van der Waals surface area (Å²) in [6.45, 7) is 3.15. The van der Waals surface area contributed by atoms with Gasteiger partial charge in [0, 0.05) is 31.3 Å². The molecule has 0 saturated heterocycles. The number of aliphatic hydroxyl groups excluding tert-OH is 1. The van der Waals surface area contributed by atoms with Gasteiger partial charge in [0.1, 0.15) is 23.9 Å². The van der Waals surface area contributed by atoms with E-state index in [0.29, 0.717) is 49.0 Å². The third kappa shape index (κ3) is 6.40. The lowest BCUT2D eigenvalue weighted by Crippen LogP contribution is -2.26. The molecule has 0 bridgehead atoms. The number of nitrogen functional groups attached to an aromatic ring is 1. The number of hydrogen-bond acceptors (Lipinski definition) is 7. The second kappa shape index (κ2) is 9.61. The van der Waals surface area contributed by atoms with Gasteiger partial charge in [-0.15, -0.1) is 0 Å². The van der Waals surface area contributed by atoms with E-state index >= 15 is 0 Å². The van der Waals surface area contributed by atoms with Crippen LogP contribution in [0.5, 0.6) is 11.5 Å². The molecule has 0 aliphatic rings.